The average Bonchev–Trinajstić information content (AvgIpc) is 2.75. The number of hydrogen-bond acceptors (Lipinski definition) is 3. The molecule has 3 nitrogen and oxygen atoms in total. The van der Waals surface area contributed by atoms with Gasteiger partial charge in [0, 0.05) is 7.11 Å². The SMILES string of the molecule is C=C(CC)CC(NN)C1(OC)CCCC1. The molecule has 1 atom stereocenters. The highest BCUT2D eigenvalue weighted by Crippen LogP contribution is 2.37. The lowest BCUT2D eigenvalue weighted by molar-refractivity contribution is -0.0356. The molecule has 0 radical (unpaired) electrons. The topological polar surface area (TPSA) is 47.3 Å². The van der Waals surface area contributed by atoms with E-state index in [0.717, 1.165) is 25.7 Å². The fourth-order valence-corrected chi connectivity index (χ4v) is 2.50. The van der Waals surface area contributed by atoms with Crippen LogP contribution in [-0.2, 0) is 4.74 Å². The van der Waals surface area contributed by atoms with Gasteiger partial charge in [-0.1, -0.05) is 31.9 Å². The van der Waals surface area contributed by atoms with Gasteiger partial charge < -0.3 is 4.74 Å². The molecule has 0 aromatic carbocycles. The largest absolute Gasteiger partial charge is 0.377 e. The highest BCUT2D eigenvalue weighted by molar-refractivity contribution is 5.04. The number of hydrazine groups is 1. The second-order valence-corrected chi connectivity index (χ2v) is 4.50. The van der Waals surface area contributed by atoms with Crippen LogP contribution < -0.4 is 11.3 Å². The predicted molar refractivity (Wildman–Crippen MR) is 63.4 cm³/mol. The molecule has 15 heavy (non-hydrogen) atoms. The van der Waals surface area contributed by atoms with E-state index >= 15 is 0 Å². The molecule has 0 aromatic rings. The van der Waals surface area contributed by atoms with E-state index in [0.29, 0.717) is 0 Å². The van der Waals surface area contributed by atoms with Gasteiger partial charge in [-0.25, -0.2) is 0 Å². The molecular weight excluding hydrogens is 188 g/mol. The minimum Gasteiger partial charge on any atom is -0.377 e. The van der Waals surface area contributed by atoms with Crippen LogP contribution in [-0.4, -0.2) is 18.8 Å². The first-order valence-corrected chi connectivity index (χ1v) is 5.86. The predicted octanol–water partition coefficient (Wildman–Crippen LogP) is 2.13. The maximum absolute atomic E-state index is 5.71. The smallest absolute Gasteiger partial charge is 0.0847 e. The van der Waals surface area contributed by atoms with Gasteiger partial charge in [-0.15, -0.1) is 0 Å². The molecule has 0 spiro atoms. The van der Waals surface area contributed by atoms with Gasteiger partial charge in [0.2, 0.25) is 0 Å². The summed E-state index contributed by atoms with van der Waals surface area (Å²) in [5, 5.41) is 0. The zero-order valence-corrected chi connectivity index (χ0v) is 10.0. The first kappa shape index (κ1) is 12.7. The summed E-state index contributed by atoms with van der Waals surface area (Å²) in [6, 6.07) is 0.206. The van der Waals surface area contributed by atoms with Gasteiger partial charge in [-0.3, -0.25) is 11.3 Å². The lowest BCUT2D eigenvalue weighted by Gasteiger charge is -2.36. The lowest BCUT2D eigenvalue weighted by atomic mass is 9.87. The van der Waals surface area contributed by atoms with Crippen molar-refractivity contribution in [1.29, 1.82) is 0 Å². The number of hydrogen-bond donors (Lipinski definition) is 2. The Balaban J connectivity index is 2.66. The molecule has 1 unspecified atom stereocenters. The van der Waals surface area contributed by atoms with Crippen molar-refractivity contribution in [1.82, 2.24) is 5.43 Å². The van der Waals surface area contributed by atoms with Gasteiger partial charge in [0.25, 0.3) is 0 Å². The average molecular weight is 212 g/mol. The van der Waals surface area contributed by atoms with E-state index in [-0.39, 0.29) is 11.6 Å². The second kappa shape index (κ2) is 5.64. The highest BCUT2D eigenvalue weighted by Gasteiger charge is 2.41. The summed E-state index contributed by atoms with van der Waals surface area (Å²) in [6.45, 7) is 6.18. The van der Waals surface area contributed by atoms with Gasteiger partial charge in [-0.2, -0.15) is 0 Å². The Hall–Kier alpha value is -0.380. The molecule has 1 saturated carbocycles. The summed E-state index contributed by atoms with van der Waals surface area (Å²) in [4.78, 5) is 0. The van der Waals surface area contributed by atoms with E-state index in [9.17, 15) is 0 Å². The third kappa shape index (κ3) is 2.80. The minimum absolute atomic E-state index is 0.0626. The molecule has 0 saturated heterocycles. The van der Waals surface area contributed by atoms with Crippen molar-refractivity contribution in [3.63, 3.8) is 0 Å². The standard InChI is InChI=1S/C12H24N2O/c1-4-10(2)9-11(14-13)12(15-3)7-5-6-8-12/h11,14H,2,4-9,13H2,1,3H3. The molecule has 0 amide bonds. The monoisotopic (exact) mass is 212 g/mol. The zero-order valence-electron chi connectivity index (χ0n) is 10.0. The van der Waals surface area contributed by atoms with Crippen LogP contribution in [0.25, 0.3) is 0 Å². The van der Waals surface area contributed by atoms with Crippen molar-refractivity contribution < 1.29 is 4.74 Å². The molecule has 0 bridgehead atoms. The fraction of sp³-hybridized carbons (Fsp3) is 0.833. The third-order valence-corrected chi connectivity index (χ3v) is 3.69. The first-order valence-electron chi connectivity index (χ1n) is 5.86. The zero-order chi connectivity index (χ0) is 11.3. The second-order valence-electron chi connectivity index (χ2n) is 4.50. The molecule has 1 fully saturated rings. The maximum Gasteiger partial charge on any atom is 0.0847 e. The summed E-state index contributed by atoms with van der Waals surface area (Å²) in [7, 11) is 1.80. The Morgan fingerprint density at radius 1 is 1.53 bits per heavy atom. The molecule has 0 aromatic heterocycles. The van der Waals surface area contributed by atoms with Crippen molar-refractivity contribution in [2.24, 2.45) is 5.84 Å². The van der Waals surface area contributed by atoms with Crippen molar-refractivity contribution in [3.8, 4) is 0 Å². The third-order valence-electron chi connectivity index (χ3n) is 3.69. The summed E-state index contributed by atoms with van der Waals surface area (Å²) in [5.41, 5.74) is 4.09. The summed E-state index contributed by atoms with van der Waals surface area (Å²) >= 11 is 0. The Morgan fingerprint density at radius 3 is 2.53 bits per heavy atom. The van der Waals surface area contributed by atoms with Crippen molar-refractivity contribution in [2.45, 2.75) is 57.1 Å². The van der Waals surface area contributed by atoms with Crippen LogP contribution in [0.15, 0.2) is 12.2 Å². The van der Waals surface area contributed by atoms with E-state index in [2.05, 4.69) is 18.9 Å². The summed E-state index contributed by atoms with van der Waals surface area (Å²) in [6.07, 6.45) is 6.62. The Bertz CT molecular complexity index is 210. The molecule has 88 valence electrons. The fourth-order valence-electron chi connectivity index (χ4n) is 2.50. The molecule has 0 heterocycles. The van der Waals surface area contributed by atoms with Gasteiger partial charge in [0.1, 0.15) is 0 Å². The van der Waals surface area contributed by atoms with Crippen LogP contribution in [0.5, 0.6) is 0 Å². The van der Waals surface area contributed by atoms with E-state index in [1.165, 1.54) is 18.4 Å². The van der Waals surface area contributed by atoms with Crippen LogP contribution in [0.3, 0.4) is 0 Å². The molecule has 1 rings (SSSR count). The lowest BCUT2D eigenvalue weighted by Crippen LogP contribution is -2.53. The molecule has 3 N–H and O–H groups in total. The maximum atomic E-state index is 5.71. The first-order chi connectivity index (χ1) is 7.18. The van der Waals surface area contributed by atoms with Crippen molar-refractivity contribution in [2.75, 3.05) is 7.11 Å². The normalized spacial score (nSPS) is 21.5. The highest BCUT2D eigenvalue weighted by atomic mass is 16.5. The number of nitrogens with one attached hydrogen (secondary N) is 1. The number of rotatable bonds is 6. The number of ether oxygens (including phenoxy) is 1. The van der Waals surface area contributed by atoms with E-state index in [1.54, 1.807) is 7.11 Å². The Morgan fingerprint density at radius 2 is 2.13 bits per heavy atom. The number of nitrogens with two attached hydrogens (primary N) is 1. The van der Waals surface area contributed by atoms with Crippen LogP contribution in [0, 0.1) is 0 Å². The van der Waals surface area contributed by atoms with E-state index in [1.807, 2.05) is 0 Å². The Labute approximate surface area is 93.0 Å². The van der Waals surface area contributed by atoms with Gasteiger partial charge in [-0.05, 0) is 25.7 Å². The summed E-state index contributed by atoms with van der Waals surface area (Å²) in [5.74, 6) is 5.65. The van der Waals surface area contributed by atoms with Crippen LogP contribution in [0.1, 0.15) is 45.4 Å². The molecule has 3 heteroatoms. The van der Waals surface area contributed by atoms with Gasteiger partial charge in [0.05, 0.1) is 11.6 Å². The van der Waals surface area contributed by atoms with Crippen LogP contribution in [0.4, 0.5) is 0 Å². The molecule has 1 aliphatic carbocycles. The van der Waals surface area contributed by atoms with Crippen molar-refractivity contribution in [3.05, 3.63) is 12.2 Å². The van der Waals surface area contributed by atoms with E-state index in [4.69, 9.17) is 10.6 Å². The van der Waals surface area contributed by atoms with Crippen molar-refractivity contribution >= 4 is 0 Å². The van der Waals surface area contributed by atoms with E-state index < -0.39 is 0 Å². The minimum atomic E-state index is -0.0626. The number of methoxy groups -OCH3 is 1. The Kier molecular flexibility index (Phi) is 4.77. The molecule has 1 aliphatic rings. The van der Waals surface area contributed by atoms with Gasteiger partial charge >= 0.3 is 0 Å². The van der Waals surface area contributed by atoms with Crippen LogP contribution >= 0.6 is 0 Å². The quantitative estimate of drug-likeness (QED) is 0.403. The molecule has 0 aliphatic heterocycles. The molecular formula is C12H24N2O. The van der Waals surface area contributed by atoms with Gasteiger partial charge in [0.15, 0.2) is 0 Å². The van der Waals surface area contributed by atoms with Crippen LogP contribution in [0.2, 0.25) is 0 Å². The summed E-state index contributed by atoms with van der Waals surface area (Å²) < 4.78 is 5.71.